The summed E-state index contributed by atoms with van der Waals surface area (Å²) < 4.78 is 1.73. The third-order valence-corrected chi connectivity index (χ3v) is 4.38. The average molecular weight is 326 g/mol. The second-order valence-corrected chi connectivity index (χ2v) is 7.56. The summed E-state index contributed by atoms with van der Waals surface area (Å²) in [7, 11) is 1.77. The zero-order chi connectivity index (χ0) is 17.6. The number of nitrogens with zero attached hydrogens (tertiary/aromatic N) is 2. The molecule has 1 aromatic carbocycles. The third kappa shape index (κ3) is 2.64. The number of carbonyl (C=O) groups is 3. The van der Waals surface area contributed by atoms with Crippen molar-refractivity contribution in [2.75, 3.05) is 6.54 Å². The van der Waals surface area contributed by atoms with Gasteiger partial charge < -0.3 is 4.57 Å². The lowest BCUT2D eigenvalue weighted by Gasteiger charge is -2.24. The maximum Gasteiger partial charge on any atom is 0.277 e. The van der Waals surface area contributed by atoms with Gasteiger partial charge in [0.1, 0.15) is 5.69 Å². The minimum absolute atomic E-state index is 0.0822. The highest BCUT2D eigenvalue weighted by molar-refractivity contribution is 6.20. The first-order chi connectivity index (χ1) is 11.2. The van der Waals surface area contributed by atoms with Crippen LogP contribution < -0.4 is 0 Å². The number of imide groups is 1. The molecule has 2 amide bonds. The number of fused-ring (bicyclic) bond motifs is 3. The van der Waals surface area contributed by atoms with E-state index in [1.807, 2.05) is 45.0 Å². The number of carbonyl (C=O) groups excluding carboxylic acids is 3. The van der Waals surface area contributed by atoms with Crippen molar-refractivity contribution >= 4 is 28.5 Å². The fraction of sp³-hybridized carbons (Fsp3) is 0.421. The van der Waals surface area contributed by atoms with Crippen molar-refractivity contribution in [1.82, 2.24) is 9.47 Å². The molecule has 0 fully saturated rings. The van der Waals surface area contributed by atoms with Crippen LogP contribution in [0.2, 0.25) is 0 Å². The third-order valence-electron chi connectivity index (χ3n) is 4.38. The van der Waals surface area contributed by atoms with E-state index in [0.29, 0.717) is 11.3 Å². The van der Waals surface area contributed by atoms with Crippen LogP contribution >= 0.6 is 0 Å². The van der Waals surface area contributed by atoms with Crippen LogP contribution in [0.15, 0.2) is 24.3 Å². The van der Waals surface area contributed by atoms with E-state index in [1.54, 1.807) is 11.6 Å². The molecule has 5 heteroatoms. The standard InChI is InChI=1S/C19H22N2O3/c1-19(2,3)11-15(23)21-10-9-14(22)16-12-7-5-6-8-13(12)20(4)17(16)18(21)24/h5-8H,9-11H2,1-4H3. The van der Waals surface area contributed by atoms with E-state index in [1.165, 1.54) is 4.90 Å². The van der Waals surface area contributed by atoms with Crippen molar-refractivity contribution in [3.05, 3.63) is 35.5 Å². The number of ketones is 1. The molecule has 0 saturated carbocycles. The number of rotatable bonds is 1. The van der Waals surface area contributed by atoms with E-state index in [9.17, 15) is 14.4 Å². The first kappa shape index (κ1) is 16.4. The molecule has 2 heterocycles. The van der Waals surface area contributed by atoms with Gasteiger partial charge in [-0.1, -0.05) is 39.0 Å². The summed E-state index contributed by atoms with van der Waals surface area (Å²) in [6.45, 7) is 6.03. The molecule has 2 aromatic rings. The zero-order valence-electron chi connectivity index (χ0n) is 14.5. The van der Waals surface area contributed by atoms with E-state index < -0.39 is 0 Å². The summed E-state index contributed by atoms with van der Waals surface area (Å²) in [5.41, 5.74) is 1.38. The van der Waals surface area contributed by atoms with Crippen LogP contribution in [-0.2, 0) is 11.8 Å². The molecule has 0 saturated heterocycles. The highest BCUT2D eigenvalue weighted by Gasteiger charge is 2.35. The summed E-state index contributed by atoms with van der Waals surface area (Å²) in [5.74, 6) is -0.677. The molecule has 1 aliphatic rings. The van der Waals surface area contributed by atoms with Gasteiger partial charge in [0.25, 0.3) is 5.91 Å². The van der Waals surface area contributed by atoms with E-state index >= 15 is 0 Å². The molecule has 0 unspecified atom stereocenters. The highest BCUT2D eigenvalue weighted by atomic mass is 16.2. The Morgan fingerprint density at radius 1 is 1.17 bits per heavy atom. The smallest absolute Gasteiger partial charge is 0.277 e. The number of aryl methyl sites for hydroxylation is 1. The van der Waals surface area contributed by atoms with Crippen molar-refractivity contribution in [3.63, 3.8) is 0 Å². The average Bonchev–Trinajstić information content (AvgIpc) is 2.71. The fourth-order valence-corrected chi connectivity index (χ4v) is 3.28. The summed E-state index contributed by atoms with van der Waals surface area (Å²) in [4.78, 5) is 39.5. The largest absolute Gasteiger partial charge is 0.339 e. The first-order valence-corrected chi connectivity index (χ1v) is 8.16. The van der Waals surface area contributed by atoms with Crippen molar-refractivity contribution in [3.8, 4) is 0 Å². The molecule has 1 aliphatic heterocycles. The second-order valence-electron chi connectivity index (χ2n) is 7.56. The molecule has 0 radical (unpaired) electrons. The van der Waals surface area contributed by atoms with Gasteiger partial charge >= 0.3 is 0 Å². The van der Waals surface area contributed by atoms with Gasteiger partial charge in [-0.25, -0.2) is 0 Å². The van der Waals surface area contributed by atoms with Crippen molar-refractivity contribution in [2.24, 2.45) is 12.5 Å². The van der Waals surface area contributed by atoms with Crippen LogP contribution in [0, 0.1) is 5.41 Å². The number of aromatic nitrogens is 1. The Labute approximate surface area is 141 Å². The van der Waals surface area contributed by atoms with Crippen LogP contribution in [0.1, 0.15) is 54.5 Å². The Hall–Kier alpha value is -2.43. The second kappa shape index (κ2) is 5.58. The molecule has 5 nitrogen and oxygen atoms in total. The van der Waals surface area contributed by atoms with Crippen molar-refractivity contribution in [2.45, 2.75) is 33.6 Å². The minimum Gasteiger partial charge on any atom is -0.339 e. The maximum absolute atomic E-state index is 13.0. The van der Waals surface area contributed by atoms with E-state index in [0.717, 1.165) is 10.9 Å². The van der Waals surface area contributed by atoms with Crippen molar-refractivity contribution in [1.29, 1.82) is 0 Å². The number of amides is 2. The maximum atomic E-state index is 13.0. The molecule has 0 atom stereocenters. The Kier molecular flexibility index (Phi) is 3.82. The van der Waals surface area contributed by atoms with Gasteiger partial charge in [-0.05, 0) is 11.5 Å². The van der Waals surface area contributed by atoms with Crippen LogP contribution in [0.3, 0.4) is 0 Å². The number of para-hydroxylation sites is 1. The summed E-state index contributed by atoms with van der Waals surface area (Å²) in [5, 5.41) is 0.776. The summed E-state index contributed by atoms with van der Waals surface area (Å²) >= 11 is 0. The molecule has 3 rings (SSSR count). The van der Waals surface area contributed by atoms with Gasteiger partial charge in [-0.3, -0.25) is 19.3 Å². The van der Waals surface area contributed by atoms with E-state index in [4.69, 9.17) is 0 Å². The van der Waals surface area contributed by atoms with Gasteiger partial charge in [0.05, 0.1) is 5.56 Å². The van der Waals surface area contributed by atoms with Crippen LogP contribution in [0.25, 0.3) is 10.9 Å². The van der Waals surface area contributed by atoms with Crippen LogP contribution in [0.5, 0.6) is 0 Å². The Morgan fingerprint density at radius 2 is 1.83 bits per heavy atom. The van der Waals surface area contributed by atoms with Gasteiger partial charge in [0.2, 0.25) is 5.91 Å². The number of hydrogen-bond donors (Lipinski definition) is 0. The molecule has 126 valence electrons. The number of Topliss-reactive ketones (excluding diaryl/α,β-unsaturated/α-hetero) is 1. The molecule has 0 aliphatic carbocycles. The predicted octanol–water partition coefficient (Wildman–Crippen LogP) is 3.17. The quantitative estimate of drug-likeness (QED) is 0.809. The minimum atomic E-state index is -0.371. The van der Waals surface area contributed by atoms with Gasteiger partial charge in [0.15, 0.2) is 5.78 Å². The molecular formula is C19H22N2O3. The van der Waals surface area contributed by atoms with Gasteiger partial charge in [0, 0.05) is 37.3 Å². The Bertz CT molecular complexity index is 855. The lowest BCUT2D eigenvalue weighted by Crippen LogP contribution is -2.39. The molecular weight excluding hydrogens is 304 g/mol. The van der Waals surface area contributed by atoms with Crippen molar-refractivity contribution < 1.29 is 14.4 Å². The normalized spacial score (nSPS) is 15.6. The Balaban J connectivity index is 2.12. The zero-order valence-corrected chi connectivity index (χ0v) is 14.5. The van der Waals surface area contributed by atoms with Gasteiger partial charge in [-0.15, -0.1) is 0 Å². The molecule has 1 aromatic heterocycles. The fourth-order valence-electron chi connectivity index (χ4n) is 3.28. The van der Waals surface area contributed by atoms with E-state index in [2.05, 4.69) is 0 Å². The lowest BCUT2D eigenvalue weighted by atomic mass is 9.91. The highest BCUT2D eigenvalue weighted by Crippen LogP contribution is 2.30. The first-order valence-electron chi connectivity index (χ1n) is 8.16. The summed E-state index contributed by atoms with van der Waals surface area (Å²) in [6, 6.07) is 7.46. The lowest BCUT2D eigenvalue weighted by molar-refractivity contribution is -0.130. The van der Waals surface area contributed by atoms with E-state index in [-0.39, 0.29) is 42.4 Å². The molecule has 0 spiro atoms. The topological polar surface area (TPSA) is 59.4 Å². The Morgan fingerprint density at radius 3 is 2.50 bits per heavy atom. The predicted molar refractivity (Wildman–Crippen MR) is 92.0 cm³/mol. The monoisotopic (exact) mass is 326 g/mol. The number of benzene rings is 1. The molecule has 0 bridgehead atoms. The van der Waals surface area contributed by atoms with Crippen LogP contribution in [0.4, 0.5) is 0 Å². The van der Waals surface area contributed by atoms with Gasteiger partial charge in [-0.2, -0.15) is 0 Å². The SMILES string of the molecule is Cn1c2c(c3ccccc31)C(=O)CCN(C(=O)CC(C)(C)C)C2=O. The number of hydrogen-bond acceptors (Lipinski definition) is 3. The van der Waals surface area contributed by atoms with Crippen LogP contribution in [-0.4, -0.2) is 33.6 Å². The molecule has 0 N–H and O–H groups in total. The summed E-state index contributed by atoms with van der Waals surface area (Å²) in [6.07, 6.45) is 0.439. The molecule has 24 heavy (non-hydrogen) atoms.